The van der Waals surface area contributed by atoms with Crippen molar-refractivity contribution in [2.75, 3.05) is 0 Å². The molecule has 0 bridgehead atoms. The van der Waals surface area contributed by atoms with Gasteiger partial charge in [0.2, 0.25) is 0 Å². The van der Waals surface area contributed by atoms with Gasteiger partial charge in [0.1, 0.15) is 6.61 Å². The van der Waals surface area contributed by atoms with Gasteiger partial charge in [-0.1, -0.05) is 23.7 Å². The van der Waals surface area contributed by atoms with E-state index in [4.69, 9.17) is 21.4 Å². The first-order chi connectivity index (χ1) is 9.04. The molecule has 0 spiro atoms. The number of nitrogens with zero attached hydrogens (tertiary/aromatic N) is 2. The molecule has 0 unspecified atom stereocenters. The number of aromatic nitrogens is 2. The molecule has 0 radical (unpaired) electrons. The van der Waals surface area contributed by atoms with Crippen LogP contribution in [0.25, 0.3) is 0 Å². The summed E-state index contributed by atoms with van der Waals surface area (Å²) >= 11 is 5.77. The van der Waals surface area contributed by atoms with Gasteiger partial charge in [0, 0.05) is 10.7 Å². The average Bonchev–Trinajstić information content (AvgIpc) is 2.37. The van der Waals surface area contributed by atoms with Gasteiger partial charge >= 0.3 is 12.0 Å². The molecule has 0 aliphatic rings. The number of aromatic carboxylic acids is 1. The van der Waals surface area contributed by atoms with E-state index in [-0.39, 0.29) is 18.3 Å². The highest BCUT2D eigenvalue weighted by atomic mass is 35.5. The fourth-order valence-corrected chi connectivity index (χ4v) is 1.57. The Hall–Kier alpha value is -2.14. The van der Waals surface area contributed by atoms with Crippen molar-refractivity contribution in [3.63, 3.8) is 0 Å². The van der Waals surface area contributed by atoms with E-state index in [9.17, 15) is 4.79 Å². The molecule has 1 N–H and O–H groups in total. The topological polar surface area (TPSA) is 72.3 Å². The lowest BCUT2D eigenvalue weighted by atomic mass is 10.2. The number of aryl methyl sites for hydroxylation is 1. The molecule has 0 aliphatic carbocycles. The van der Waals surface area contributed by atoms with Crippen molar-refractivity contribution < 1.29 is 14.6 Å². The van der Waals surface area contributed by atoms with Crippen LogP contribution >= 0.6 is 11.6 Å². The number of halogens is 1. The standard InChI is InChI=1S/C13H11ClN2O3/c1-8-6-11(12(17)18)16-13(15-8)19-7-9-2-4-10(14)5-3-9/h2-6H,7H2,1H3,(H,17,18). The molecule has 2 rings (SSSR count). The zero-order valence-corrected chi connectivity index (χ0v) is 10.9. The summed E-state index contributed by atoms with van der Waals surface area (Å²) < 4.78 is 5.37. The molecule has 0 fully saturated rings. The summed E-state index contributed by atoms with van der Waals surface area (Å²) in [6.45, 7) is 1.93. The maximum atomic E-state index is 10.9. The number of hydrogen-bond donors (Lipinski definition) is 1. The number of rotatable bonds is 4. The van der Waals surface area contributed by atoms with Crippen molar-refractivity contribution in [2.24, 2.45) is 0 Å². The van der Waals surface area contributed by atoms with E-state index in [2.05, 4.69) is 9.97 Å². The van der Waals surface area contributed by atoms with Crippen molar-refractivity contribution in [1.82, 2.24) is 9.97 Å². The van der Waals surface area contributed by atoms with E-state index in [0.29, 0.717) is 10.7 Å². The van der Waals surface area contributed by atoms with Crippen LogP contribution in [0.5, 0.6) is 6.01 Å². The fraction of sp³-hybridized carbons (Fsp3) is 0.154. The SMILES string of the molecule is Cc1cc(C(=O)O)nc(OCc2ccc(Cl)cc2)n1. The maximum Gasteiger partial charge on any atom is 0.354 e. The Morgan fingerprint density at radius 3 is 2.63 bits per heavy atom. The van der Waals surface area contributed by atoms with Gasteiger partial charge in [-0.15, -0.1) is 0 Å². The molecule has 0 aliphatic heterocycles. The Morgan fingerprint density at radius 1 is 1.32 bits per heavy atom. The molecular weight excluding hydrogens is 268 g/mol. The Morgan fingerprint density at radius 2 is 2.00 bits per heavy atom. The van der Waals surface area contributed by atoms with Crippen LogP contribution in [0.2, 0.25) is 5.02 Å². The van der Waals surface area contributed by atoms with Crippen LogP contribution in [-0.4, -0.2) is 21.0 Å². The quantitative estimate of drug-likeness (QED) is 0.931. The number of ether oxygens (including phenoxy) is 1. The molecule has 0 saturated carbocycles. The lowest BCUT2D eigenvalue weighted by Gasteiger charge is -2.06. The van der Waals surface area contributed by atoms with E-state index < -0.39 is 5.97 Å². The smallest absolute Gasteiger partial charge is 0.354 e. The minimum absolute atomic E-state index is 0.0485. The average molecular weight is 279 g/mol. The predicted octanol–water partition coefficient (Wildman–Crippen LogP) is 2.72. The summed E-state index contributed by atoms with van der Waals surface area (Å²) in [4.78, 5) is 18.7. The second-order valence-corrected chi connectivity index (χ2v) is 4.33. The maximum absolute atomic E-state index is 10.9. The van der Waals surface area contributed by atoms with Gasteiger partial charge in [-0.05, 0) is 30.7 Å². The second kappa shape index (κ2) is 5.67. The van der Waals surface area contributed by atoms with Gasteiger partial charge in [0.05, 0.1) is 0 Å². The highest BCUT2D eigenvalue weighted by Crippen LogP contribution is 2.12. The Balaban J connectivity index is 2.11. The molecule has 6 heteroatoms. The summed E-state index contributed by atoms with van der Waals surface area (Å²) in [5.74, 6) is -1.11. The van der Waals surface area contributed by atoms with E-state index in [0.717, 1.165) is 5.56 Å². The van der Waals surface area contributed by atoms with E-state index in [1.54, 1.807) is 19.1 Å². The normalized spacial score (nSPS) is 10.2. The predicted molar refractivity (Wildman–Crippen MR) is 69.5 cm³/mol. The van der Waals surface area contributed by atoms with Crippen LogP contribution in [0.4, 0.5) is 0 Å². The van der Waals surface area contributed by atoms with E-state index >= 15 is 0 Å². The number of carboxylic acid groups (broad SMARTS) is 1. The lowest BCUT2D eigenvalue weighted by molar-refractivity contribution is 0.0688. The summed E-state index contributed by atoms with van der Waals surface area (Å²) in [6, 6.07) is 8.57. The first kappa shape index (κ1) is 13.3. The van der Waals surface area contributed by atoms with Crippen molar-refractivity contribution in [3.05, 3.63) is 52.3 Å². The molecule has 2 aromatic rings. The van der Waals surface area contributed by atoms with Gasteiger partial charge in [-0.2, -0.15) is 4.98 Å². The Bertz CT molecular complexity index is 599. The summed E-state index contributed by atoms with van der Waals surface area (Å²) in [5, 5.41) is 9.53. The zero-order chi connectivity index (χ0) is 13.8. The third kappa shape index (κ3) is 3.66. The van der Waals surface area contributed by atoms with E-state index in [1.807, 2.05) is 12.1 Å². The van der Waals surface area contributed by atoms with Crippen LogP contribution in [0.1, 0.15) is 21.7 Å². The molecule has 0 saturated heterocycles. The molecule has 0 atom stereocenters. The van der Waals surface area contributed by atoms with Gasteiger partial charge < -0.3 is 9.84 Å². The number of hydrogen-bond acceptors (Lipinski definition) is 4. The third-order valence-electron chi connectivity index (χ3n) is 2.33. The van der Waals surface area contributed by atoms with Crippen LogP contribution in [0, 0.1) is 6.92 Å². The second-order valence-electron chi connectivity index (χ2n) is 3.90. The Kier molecular flexibility index (Phi) is 3.97. The summed E-state index contributed by atoms with van der Waals surface area (Å²) in [6.07, 6.45) is 0. The van der Waals surface area contributed by atoms with Gasteiger partial charge in [-0.3, -0.25) is 0 Å². The van der Waals surface area contributed by atoms with Crippen molar-refractivity contribution >= 4 is 17.6 Å². The van der Waals surface area contributed by atoms with Crippen LogP contribution < -0.4 is 4.74 Å². The molecule has 0 amide bonds. The monoisotopic (exact) mass is 278 g/mol. The van der Waals surface area contributed by atoms with Crippen LogP contribution in [-0.2, 0) is 6.61 Å². The van der Waals surface area contributed by atoms with Crippen molar-refractivity contribution in [3.8, 4) is 6.01 Å². The largest absolute Gasteiger partial charge is 0.477 e. The van der Waals surface area contributed by atoms with Gasteiger partial charge in [0.15, 0.2) is 5.69 Å². The van der Waals surface area contributed by atoms with Crippen LogP contribution in [0.3, 0.4) is 0 Å². The zero-order valence-electron chi connectivity index (χ0n) is 10.1. The highest BCUT2D eigenvalue weighted by Gasteiger charge is 2.09. The molecule has 5 nitrogen and oxygen atoms in total. The first-order valence-corrected chi connectivity index (χ1v) is 5.88. The van der Waals surface area contributed by atoms with Gasteiger partial charge in [0.25, 0.3) is 0 Å². The summed E-state index contributed by atoms with van der Waals surface area (Å²) in [5.41, 5.74) is 1.35. The minimum Gasteiger partial charge on any atom is -0.477 e. The molecule has 98 valence electrons. The molecule has 1 heterocycles. The van der Waals surface area contributed by atoms with Crippen molar-refractivity contribution in [2.45, 2.75) is 13.5 Å². The fourth-order valence-electron chi connectivity index (χ4n) is 1.44. The Labute approximate surface area is 114 Å². The van der Waals surface area contributed by atoms with Gasteiger partial charge in [-0.25, -0.2) is 9.78 Å². The lowest BCUT2D eigenvalue weighted by Crippen LogP contribution is -2.06. The number of carboxylic acids is 1. The molecule has 1 aromatic carbocycles. The summed E-state index contributed by atoms with van der Waals surface area (Å²) in [7, 11) is 0. The van der Waals surface area contributed by atoms with Crippen LogP contribution in [0.15, 0.2) is 30.3 Å². The molecule has 1 aromatic heterocycles. The van der Waals surface area contributed by atoms with Crippen molar-refractivity contribution in [1.29, 1.82) is 0 Å². The number of carbonyl (C=O) groups is 1. The molecular formula is C13H11ClN2O3. The minimum atomic E-state index is -1.11. The first-order valence-electron chi connectivity index (χ1n) is 5.51. The number of benzene rings is 1. The highest BCUT2D eigenvalue weighted by molar-refractivity contribution is 6.30. The third-order valence-corrected chi connectivity index (χ3v) is 2.59. The molecule has 19 heavy (non-hydrogen) atoms. The van der Waals surface area contributed by atoms with E-state index in [1.165, 1.54) is 6.07 Å².